The summed E-state index contributed by atoms with van der Waals surface area (Å²) in [6, 6.07) is 0. The first-order valence-corrected chi connectivity index (χ1v) is 7.46. The van der Waals surface area contributed by atoms with E-state index in [9.17, 15) is 4.79 Å². The van der Waals surface area contributed by atoms with E-state index < -0.39 is 0 Å². The van der Waals surface area contributed by atoms with Crippen LogP contribution >= 0.6 is 0 Å². The van der Waals surface area contributed by atoms with Crippen molar-refractivity contribution in [3.05, 3.63) is 47.2 Å². The molecule has 2 heteroatoms. The lowest BCUT2D eigenvalue weighted by Crippen LogP contribution is -2.15. The van der Waals surface area contributed by atoms with Crippen molar-refractivity contribution < 1.29 is 4.79 Å². The van der Waals surface area contributed by atoms with Gasteiger partial charge in [0.05, 0.1) is 0 Å². The first-order valence-electron chi connectivity index (χ1n) is 7.46. The van der Waals surface area contributed by atoms with Gasteiger partial charge in [-0.05, 0) is 49.5 Å². The number of Topliss-reactive ketones (excluding diaryl/α,β-unsaturated/α-hetero) is 1. The third kappa shape index (κ3) is 4.22. The minimum absolute atomic E-state index is 0.240. The predicted octanol–water partition coefficient (Wildman–Crippen LogP) is 4.32. The van der Waals surface area contributed by atoms with E-state index in [1.54, 1.807) is 0 Å². The fourth-order valence-corrected chi connectivity index (χ4v) is 2.60. The maximum Gasteiger partial charge on any atom is 0.167 e. The molecule has 0 radical (unpaired) electrons. The summed E-state index contributed by atoms with van der Waals surface area (Å²) in [6.07, 6.45) is 9.80. The van der Waals surface area contributed by atoms with Crippen LogP contribution in [0.1, 0.15) is 46.5 Å². The second kappa shape index (κ2) is 7.88. The van der Waals surface area contributed by atoms with Crippen molar-refractivity contribution in [1.82, 2.24) is 5.32 Å². The van der Waals surface area contributed by atoms with Crippen LogP contribution in [0.25, 0.3) is 0 Å². The third-order valence-electron chi connectivity index (χ3n) is 3.90. The smallest absolute Gasteiger partial charge is 0.167 e. The van der Waals surface area contributed by atoms with Gasteiger partial charge < -0.3 is 5.32 Å². The molecular formula is C18H27NO. The number of carbonyl (C=O) groups excluding carboxylic acids is 1. The van der Waals surface area contributed by atoms with E-state index in [1.807, 2.05) is 27.1 Å². The molecule has 1 atom stereocenters. The zero-order chi connectivity index (χ0) is 15.1. The monoisotopic (exact) mass is 273 g/mol. The van der Waals surface area contributed by atoms with Gasteiger partial charge in [-0.25, -0.2) is 0 Å². The summed E-state index contributed by atoms with van der Waals surface area (Å²) in [4.78, 5) is 12.3. The van der Waals surface area contributed by atoms with Gasteiger partial charge in [0.15, 0.2) is 5.78 Å². The predicted molar refractivity (Wildman–Crippen MR) is 86.4 cm³/mol. The van der Waals surface area contributed by atoms with Crippen LogP contribution in [0.2, 0.25) is 0 Å². The van der Waals surface area contributed by atoms with Gasteiger partial charge >= 0.3 is 0 Å². The standard InChI is InChI=1S/C18H27NO/c1-6-13(2)18-15(4)11-16(12-17(18)20)14(3)9-7-8-10-19-5/h8,10-11,14,19H,2,6-7,9,12H2,1,3-5H3/b10-8+. The molecule has 1 aliphatic rings. The largest absolute Gasteiger partial charge is 0.394 e. The van der Waals surface area contributed by atoms with Gasteiger partial charge in [0, 0.05) is 19.0 Å². The van der Waals surface area contributed by atoms with Crippen molar-refractivity contribution >= 4 is 5.78 Å². The lowest BCUT2D eigenvalue weighted by atomic mass is 9.82. The molecule has 0 aliphatic heterocycles. The van der Waals surface area contributed by atoms with E-state index in [4.69, 9.17) is 0 Å². The normalized spacial score (nSPS) is 17.4. The maximum atomic E-state index is 12.3. The fourth-order valence-electron chi connectivity index (χ4n) is 2.60. The molecule has 0 aromatic rings. The Morgan fingerprint density at radius 3 is 2.80 bits per heavy atom. The number of rotatable bonds is 7. The lowest BCUT2D eigenvalue weighted by molar-refractivity contribution is -0.115. The number of carbonyl (C=O) groups is 1. The molecular weight excluding hydrogens is 246 g/mol. The SMILES string of the molecule is C=C(CC)C1=C(C)C=C(C(C)CC/C=C/NC)CC1=O. The number of ketones is 1. The summed E-state index contributed by atoms with van der Waals surface area (Å²) in [5.41, 5.74) is 4.17. The Morgan fingerprint density at radius 1 is 1.55 bits per heavy atom. The van der Waals surface area contributed by atoms with Crippen molar-refractivity contribution in [1.29, 1.82) is 0 Å². The molecule has 1 aliphatic carbocycles. The van der Waals surface area contributed by atoms with Crippen molar-refractivity contribution in [2.24, 2.45) is 5.92 Å². The Kier molecular flexibility index (Phi) is 6.50. The van der Waals surface area contributed by atoms with Crippen LogP contribution < -0.4 is 5.32 Å². The summed E-state index contributed by atoms with van der Waals surface area (Å²) in [6.45, 7) is 10.3. The van der Waals surface area contributed by atoms with E-state index in [0.29, 0.717) is 12.3 Å². The average molecular weight is 273 g/mol. The van der Waals surface area contributed by atoms with Gasteiger partial charge in [0.1, 0.15) is 0 Å². The van der Waals surface area contributed by atoms with Crippen LogP contribution in [-0.2, 0) is 4.79 Å². The number of nitrogens with one attached hydrogen (secondary N) is 1. The number of hydrogen-bond donors (Lipinski definition) is 1. The van der Waals surface area contributed by atoms with Gasteiger partial charge in [-0.3, -0.25) is 4.79 Å². The number of allylic oxidation sites excluding steroid dienone is 6. The molecule has 1 rings (SSSR count). The lowest BCUT2D eigenvalue weighted by Gasteiger charge is -2.22. The van der Waals surface area contributed by atoms with Gasteiger partial charge in [-0.2, -0.15) is 0 Å². The molecule has 2 nitrogen and oxygen atoms in total. The van der Waals surface area contributed by atoms with Crippen LogP contribution in [0, 0.1) is 5.92 Å². The van der Waals surface area contributed by atoms with Crippen LogP contribution in [0.3, 0.4) is 0 Å². The summed E-state index contributed by atoms with van der Waals surface area (Å²) < 4.78 is 0. The van der Waals surface area contributed by atoms with Crippen LogP contribution in [0.15, 0.2) is 47.2 Å². The van der Waals surface area contributed by atoms with Gasteiger partial charge in [0.2, 0.25) is 0 Å². The summed E-state index contributed by atoms with van der Waals surface area (Å²) >= 11 is 0. The highest BCUT2D eigenvalue weighted by atomic mass is 16.1. The molecule has 0 saturated heterocycles. The number of hydrogen-bond acceptors (Lipinski definition) is 2. The summed E-state index contributed by atoms with van der Waals surface area (Å²) in [5, 5.41) is 2.99. The minimum Gasteiger partial charge on any atom is -0.394 e. The molecule has 0 heterocycles. The van der Waals surface area contributed by atoms with E-state index in [-0.39, 0.29) is 5.78 Å². The summed E-state index contributed by atoms with van der Waals surface area (Å²) in [5.74, 6) is 0.691. The molecule has 1 unspecified atom stereocenters. The van der Waals surface area contributed by atoms with Gasteiger partial charge in [-0.1, -0.05) is 38.2 Å². The molecule has 0 spiro atoms. The van der Waals surface area contributed by atoms with Gasteiger partial charge in [-0.15, -0.1) is 0 Å². The Labute approximate surface area is 123 Å². The molecule has 0 amide bonds. The molecule has 0 saturated carbocycles. The molecule has 110 valence electrons. The fraction of sp³-hybridized carbons (Fsp3) is 0.500. The Hall–Kier alpha value is -1.57. The second-order valence-corrected chi connectivity index (χ2v) is 5.50. The van der Waals surface area contributed by atoms with Crippen molar-refractivity contribution in [2.45, 2.75) is 46.5 Å². The maximum absolute atomic E-state index is 12.3. The van der Waals surface area contributed by atoms with Crippen LogP contribution in [-0.4, -0.2) is 12.8 Å². The van der Waals surface area contributed by atoms with Crippen LogP contribution in [0.4, 0.5) is 0 Å². The molecule has 0 fully saturated rings. The first-order chi connectivity index (χ1) is 9.51. The second-order valence-electron chi connectivity index (χ2n) is 5.50. The topological polar surface area (TPSA) is 29.1 Å². The molecule has 0 aromatic heterocycles. The summed E-state index contributed by atoms with van der Waals surface area (Å²) in [7, 11) is 1.90. The first kappa shape index (κ1) is 16.5. The molecule has 20 heavy (non-hydrogen) atoms. The zero-order valence-corrected chi connectivity index (χ0v) is 13.3. The molecule has 1 N–H and O–H groups in total. The van der Waals surface area contributed by atoms with Crippen LogP contribution in [0.5, 0.6) is 0 Å². The minimum atomic E-state index is 0.240. The van der Waals surface area contributed by atoms with E-state index in [1.165, 1.54) is 5.57 Å². The highest BCUT2D eigenvalue weighted by Crippen LogP contribution is 2.31. The third-order valence-corrected chi connectivity index (χ3v) is 3.90. The molecule has 0 bridgehead atoms. The van der Waals surface area contributed by atoms with E-state index >= 15 is 0 Å². The van der Waals surface area contributed by atoms with E-state index in [2.05, 4.69) is 31.0 Å². The highest BCUT2D eigenvalue weighted by molar-refractivity contribution is 6.03. The zero-order valence-electron chi connectivity index (χ0n) is 13.3. The van der Waals surface area contributed by atoms with Gasteiger partial charge in [0.25, 0.3) is 0 Å². The van der Waals surface area contributed by atoms with Crippen molar-refractivity contribution in [3.63, 3.8) is 0 Å². The quantitative estimate of drug-likeness (QED) is 0.748. The average Bonchev–Trinajstić information content (AvgIpc) is 2.42. The van der Waals surface area contributed by atoms with Crippen molar-refractivity contribution in [2.75, 3.05) is 7.05 Å². The highest BCUT2D eigenvalue weighted by Gasteiger charge is 2.23. The Morgan fingerprint density at radius 2 is 2.25 bits per heavy atom. The van der Waals surface area contributed by atoms with E-state index in [0.717, 1.165) is 36.0 Å². The molecule has 0 aromatic carbocycles. The Bertz CT molecular complexity index is 466. The Balaban J connectivity index is 2.78. The van der Waals surface area contributed by atoms with Crippen molar-refractivity contribution in [3.8, 4) is 0 Å².